The third kappa shape index (κ3) is 2.85. The Hall–Kier alpha value is -2.09. The Morgan fingerprint density at radius 2 is 2.24 bits per heavy atom. The van der Waals surface area contributed by atoms with Crippen LogP contribution in [0.2, 0.25) is 0 Å². The minimum atomic E-state index is -4.25. The molecule has 8 nitrogen and oxygen atoms in total. The van der Waals surface area contributed by atoms with Crippen molar-refractivity contribution in [3.05, 3.63) is 34.1 Å². The van der Waals surface area contributed by atoms with Gasteiger partial charge in [0.2, 0.25) is 0 Å². The highest BCUT2D eigenvalue weighted by Gasteiger charge is 2.37. The zero-order valence-corrected chi connectivity index (χ0v) is 11.5. The molecule has 0 spiro atoms. The molecule has 1 aliphatic rings. The lowest BCUT2D eigenvalue weighted by Gasteiger charge is -2.30. The van der Waals surface area contributed by atoms with E-state index in [2.05, 4.69) is 5.32 Å². The van der Waals surface area contributed by atoms with Gasteiger partial charge in [-0.25, -0.2) is 12.8 Å². The summed E-state index contributed by atoms with van der Waals surface area (Å²) in [6.07, 6.45) is 0. The molecule has 1 atom stereocenters. The van der Waals surface area contributed by atoms with Gasteiger partial charge in [0, 0.05) is 19.6 Å². The predicted molar refractivity (Wildman–Crippen MR) is 69.2 cm³/mol. The first kappa shape index (κ1) is 15.3. The van der Waals surface area contributed by atoms with Crippen LogP contribution >= 0.6 is 0 Å². The zero-order valence-electron chi connectivity index (χ0n) is 10.7. The maximum Gasteiger partial charge on any atom is 0.292 e. The van der Waals surface area contributed by atoms with Crippen molar-refractivity contribution >= 4 is 15.7 Å². The fourth-order valence-electron chi connectivity index (χ4n) is 2.06. The molecular formula is C11H11FN4O4S. The van der Waals surface area contributed by atoms with Crippen LogP contribution in [0.15, 0.2) is 23.1 Å². The Morgan fingerprint density at radius 1 is 1.52 bits per heavy atom. The largest absolute Gasteiger partial charge is 0.313 e. The molecule has 0 aliphatic carbocycles. The molecule has 1 saturated heterocycles. The van der Waals surface area contributed by atoms with Gasteiger partial charge in [0.15, 0.2) is 4.90 Å². The first-order valence-corrected chi connectivity index (χ1v) is 7.38. The third-order valence-electron chi connectivity index (χ3n) is 3.05. The van der Waals surface area contributed by atoms with Crippen molar-refractivity contribution in [2.24, 2.45) is 0 Å². The van der Waals surface area contributed by atoms with Gasteiger partial charge in [0.1, 0.15) is 11.9 Å². The van der Waals surface area contributed by atoms with E-state index in [4.69, 9.17) is 5.26 Å². The van der Waals surface area contributed by atoms with Gasteiger partial charge in [-0.15, -0.1) is 0 Å². The molecule has 1 heterocycles. The van der Waals surface area contributed by atoms with E-state index in [9.17, 15) is 22.9 Å². The van der Waals surface area contributed by atoms with E-state index >= 15 is 0 Å². The van der Waals surface area contributed by atoms with Crippen LogP contribution < -0.4 is 5.32 Å². The number of halogens is 1. The second-order valence-corrected chi connectivity index (χ2v) is 6.19. The standard InChI is InChI=1S/C11H11FN4O4S/c12-8-1-2-11(10(5-8)16(17)18)21(19,20)15-4-3-14-7-9(15)6-13/h1-2,5,9,14H,3-4,7H2. The van der Waals surface area contributed by atoms with Gasteiger partial charge in [-0.1, -0.05) is 0 Å². The van der Waals surface area contributed by atoms with Crippen LogP contribution in [0.1, 0.15) is 0 Å². The molecular weight excluding hydrogens is 303 g/mol. The van der Waals surface area contributed by atoms with Crippen molar-refractivity contribution in [3.8, 4) is 6.07 Å². The summed E-state index contributed by atoms with van der Waals surface area (Å²) in [6, 6.07) is 3.10. The minimum absolute atomic E-state index is 0.00902. The molecule has 1 aromatic carbocycles. The number of hydrogen-bond donors (Lipinski definition) is 1. The average Bonchev–Trinajstić information content (AvgIpc) is 2.46. The number of nitriles is 1. The molecule has 1 aliphatic heterocycles. The van der Waals surface area contributed by atoms with Gasteiger partial charge in [-0.3, -0.25) is 10.1 Å². The van der Waals surface area contributed by atoms with Crippen LogP contribution in [-0.2, 0) is 10.0 Å². The van der Waals surface area contributed by atoms with Crippen LogP contribution in [0.5, 0.6) is 0 Å². The van der Waals surface area contributed by atoms with Crippen molar-refractivity contribution in [3.63, 3.8) is 0 Å². The molecule has 0 aromatic heterocycles. The number of rotatable bonds is 3. The molecule has 0 saturated carbocycles. The Bertz CT molecular complexity index is 715. The first-order valence-electron chi connectivity index (χ1n) is 5.94. The van der Waals surface area contributed by atoms with Gasteiger partial charge in [0.05, 0.1) is 17.1 Å². The molecule has 2 rings (SSSR count). The summed E-state index contributed by atoms with van der Waals surface area (Å²) in [5.74, 6) is -0.905. The highest BCUT2D eigenvalue weighted by Crippen LogP contribution is 2.28. The molecule has 112 valence electrons. The lowest BCUT2D eigenvalue weighted by molar-refractivity contribution is -0.388. The van der Waals surface area contributed by atoms with E-state index in [1.165, 1.54) is 0 Å². The number of nitrogens with zero attached hydrogens (tertiary/aromatic N) is 3. The summed E-state index contributed by atoms with van der Waals surface area (Å²) in [5.41, 5.74) is -0.842. The molecule has 10 heteroatoms. The fourth-order valence-corrected chi connectivity index (χ4v) is 3.74. The van der Waals surface area contributed by atoms with E-state index in [1.807, 2.05) is 6.07 Å². The van der Waals surface area contributed by atoms with Gasteiger partial charge in [0.25, 0.3) is 15.7 Å². The SMILES string of the molecule is N#CC1CNCCN1S(=O)(=O)c1ccc(F)cc1[N+](=O)[O-]. The Kier molecular flexibility index (Phi) is 4.17. The van der Waals surface area contributed by atoms with Crippen LogP contribution in [0.3, 0.4) is 0 Å². The van der Waals surface area contributed by atoms with E-state index in [-0.39, 0.29) is 13.1 Å². The van der Waals surface area contributed by atoms with Crippen molar-refractivity contribution in [1.29, 1.82) is 5.26 Å². The molecule has 0 amide bonds. The van der Waals surface area contributed by atoms with E-state index < -0.39 is 37.4 Å². The van der Waals surface area contributed by atoms with Crippen molar-refractivity contribution in [2.45, 2.75) is 10.9 Å². The Balaban J connectivity index is 2.54. The number of nitro benzene ring substituents is 1. The lowest BCUT2D eigenvalue weighted by atomic mass is 10.3. The highest BCUT2D eigenvalue weighted by atomic mass is 32.2. The van der Waals surface area contributed by atoms with Crippen molar-refractivity contribution in [1.82, 2.24) is 9.62 Å². The van der Waals surface area contributed by atoms with Gasteiger partial charge in [-0.05, 0) is 12.1 Å². The van der Waals surface area contributed by atoms with Gasteiger partial charge < -0.3 is 5.32 Å². The van der Waals surface area contributed by atoms with Crippen molar-refractivity contribution in [2.75, 3.05) is 19.6 Å². The summed E-state index contributed by atoms with van der Waals surface area (Å²) in [4.78, 5) is 9.36. The Labute approximate surface area is 120 Å². The highest BCUT2D eigenvalue weighted by molar-refractivity contribution is 7.89. The number of sulfonamides is 1. The van der Waals surface area contributed by atoms with Crippen LogP contribution in [-0.4, -0.2) is 43.3 Å². The number of piperazine rings is 1. The second-order valence-electron chi connectivity index (χ2n) is 4.33. The zero-order chi connectivity index (χ0) is 15.6. The smallest absolute Gasteiger partial charge is 0.292 e. The summed E-state index contributed by atoms with van der Waals surface area (Å²) in [6.45, 7) is 0.464. The molecule has 1 fully saturated rings. The second kappa shape index (κ2) is 5.72. The average molecular weight is 314 g/mol. The van der Waals surface area contributed by atoms with Crippen LogP contribution in [0.25, 0.3) is 0 Å². The summed E-state index contributed by atoms with van der Waals surface area (Å²) < 4.78 is 39.0. The predicted octanol–water partition coefficient (Wildman–Crippen LogP) is 0.220. The number of nitrogens with one attached hydrogen (secondary N) is 1. The number of benzene rings is 1. The molecule has 1 aromatic rings. The normalized spacial score (nSPS) is 19.9. The number of nitro groups is 1. The molecule has 1 unspecified atom stereocenters. The van der Waals surface area contributed by atoms with E-state index in [1.54, 1.807) is 0 Å². The molecule has 1 N–H and O–H groups in total. The first-order chi connectivity index (χ1) is 9.87. The summed E-state index contributed by atoms with van der Waals surface area (Å²) >= 11 is 0. The lowest BCUT2D eigenvalue weighted by Crippen LogP contribution is -2.52. The monoisotopic (exact) mass is 314 g/mol. The van der Waals surface area contributed by atoms with Gasteiger partial charge >= 0.3 is 0 Å². The van der Waals surface area contributed by atoms with Crippen LogP contribution in [0.4, 0.5) is 10.1 Å². The molecule has 21 heavy (non-hydrogen) atoms. The van der Waals surface area contributed by atoms with Gasteiger partial charge in [-0.2, -0.15) is 9.57 Å². The summed E-state index contributed by atoms with van der Waals surface area (Å²) in [7, 11) is -4.25. The quantitative estimate of drug-likeness (QED) is 0.630. The number of hydrogen-bond acceptors (Lipinski definition) is 6. The maximum atomic E-state index is 13.1. The maximum absolute atomic E-state index is 13.1. The van der Waals surface area contributed by atoms with Crippen LogP contribution in [0, 0.1) is 27.3 Å². The van der Waals surface area contributed by atoms with Crippen molar-refractivity contribution < 1.29 is 17.7 Å². The summed E-state index contributed by atoms with van der Waals surface area (Å²) in [5, 5.41) is 22.8. The Morgan fingerprint density at radius 3 is 2.86 bits per heavy atom. The third-order valence-corrected chi connectivity index (χ3v) is 5.00. The minimum Gasteiger partial charge on any atom is -0.313 e. The molecule has 0 radical (unpaired) electrons. The molecule has 0 bridgehead atoms. The van der Waals surface area contributed by atoms with E-state index in [0.717, 1.165) is 16.4 Å². The topological polar surface area (TPSA) is 116 Å². The fraction of sp³-hybridized carbons (Fsp3) is 0.364. The van der Waals surface area contributed by atoms with E-state index in [0.29, 0.717) is 12.6 Å².